The second-order valence-corrected chi connectivity index (χ2v) is 9.89. The molecule has 3 rings (SSSR count). The molecule has 2 aliphatic rings. The van der Waals surface area contributed by atoms with Gasteiger partial charge >= 0.3 is 0 Å². The molecule has 7 nitrogen and oxygen atoms in total. The molecule has 0 saturated carbocycles. The summed E-state index contributed by atoms with van der Waals surface area (Å²) in [5.74, 6) is -0.880. The van der Waals surface area contributed by atoms with Crippen LogP contribution in [0.25, 0.3) is 0 Å². The highest BCUT2D eigenvalue weighted by atomic mass is 32.2. The zero-order valence-electron chi connectivity index (χ0n) is 15.1. The molecule has 1 atom stereocenters. The highest BCUT2D eigenvalue weighted by Crippen LogP contribution is 2.33. The molecule has 1 unspecified atom stereocenters. The first-order valence-electron chi connectivity index (χ1n) is 8.69. The van der Waals surface area contributed by atoms with Crippen LogP contribution in [0, 0.1) is 11.7 Å². The molecule has 10 heteroatoms. The Bertz CT molecular complexity index is 873. The van der Waals surface area contributed by atoms with Crippen molar-refractivity contribution >= 4 is 39.3 Å². The molecule has 2 aliphatic heterocycles. The summed E-state index contributed by atoms with van der Waals surface area (Å²) in [5.41, 5.74) is 0.868. The SMILES string of the molecule is CC(C)CNC(=O)C1CSCN1S(=O)(=O)c1cc2c(cc1F)NC(=O)CC2. The van der Waals surface area contributed by atoms with E-state index in [-0.39, 0.29) is 30.0 Å². The third-order valence-electron chi connectivity index (χ3n) is 4.47. The van der Waals surface area contributed by atoms with Gasteiger partial charge in [0.15, 0.2) is 0 Å². The topological polar surface area (TPSA) is 95.6 Å². The Balaban J connectivity index is 1.89. The van der Waals surface area contributed by atoms with Gasteiger partial charge in [0.1, 0.15) is 16.8 Å². The number of anilines is 1. The summed E-state index contributed by atoms with van der Waals surface area (Å²) >= 11 is 1.32. The van der Waals surface area contributed by atoms with Gasteiger partial charge in [-0.2, -0.15) is 4.31 Å². The number of nitrogens with zero attached hydrogens (tertiary/aromatic N) is 1. The fraction of sp³-hybridized carbons (Fsp3) is 0.529. The van der Waals surface area contributed by atoms with Crippen LogP contribution in [0.3, 0.4) is 0 Å². The molecule has 0 spiro atoms. The zero-order valence-corrected chi connectivity index (χ0v) is 16.8. The second-order valence-electron chi connectivity index (χ2n) is 7.03. The third kappa shape index (κ3) is 4.12. The maximum absolute atomic E-state index is 14.6. The number of hydrogen-bond donors (Lipinski definition) is 2. The van der Waals surface area contributed by atoms with Crippen LogP contribution in [0.15, 0.2) is 17.0 Å². The Labute approximate surface area is 162 Å². The third-order valence-corrected chi connectivity index (χ3v) is 7.51. The number of aryl methyl sites for hydroxylation is 1. The minimum atomic E-state index is -4.19. The minimum absolute atomic E-state index is 0.0926. The first-order chi connectivity index (χ1) is 12.7. The maximum atomic E-state index is 14.6. The van der Waals surface area contributed by atoms with E-state index >= 15 is 0 Å². The smallest absolute Gasteiger partial charge is 0.247 e. The summed E-state index contributed by atoms with van der Waals surface area (Å²) in [6.45, 7) is 4.33. The van der Waals surface area contributed by atoms with Crippen molar-refractivity contribution < 1.29 is 22.4 Å². The van der Waals surface area contributed by atoms with Crippen LogP contribution < -0.4 is 10.6 Å². The highest BCUT2D eigenvalue weighted by molar-refractivity contribution is 8.00. The fourth-order valence-electron chi connectivity index (χ4n) is 3.00. The van der Waals surface area contributed by atoms with E-state index in [0.29, 0.717) is 30.0 Å². The van der Waals surface area contributed by atoms with Crippen LogP contribution in [0.5, 0.6) is 0 Å². The number of carbonyl (C=O) groups is 2. The molecular weight excluding hydrogens is 393 g/mol. The van der Waals surface area contributed by atoms with Crippen molar-refractivity contribution in [2.24, 2.45) is 5.92 Å². The number of hydrogen-bond acceptors (Lipinski definition) is 5. The molecule has 1 aromatic carbocycles. The Morgan fingerprint density at radius 2 is 2.15 bits per heavy atom. The zero-order chi connectivity index (χ0) is 19.8. The number of nitrogens with one attached hydrogen (secondary N) is 2. The monoisotopic (exact) mass is 415 g/mol. The fourth-order valence-corrected chi connectivity index (χ4v) is 6.24. The number of benzene rings is 1. The number of rotatable bonds is 5. The summed E-state index contributed by atoms with van der Waals surface area (Å²) in [4.78, 5) is 23.4. The van der Waals surface area contributed by atoms with Gasteiger partial charge in [-0.05, 0) is 30.0 Å². The van der Waals surface area contributed by atoms with Crippen LogP contribution in [0.1, 0.15) is 25.8 Å². The molecule has 2 N–H and O–H groups in total. The maximum Gasteiger partial charge on any atom is 0.247 e. The van der Waals surface area contributed by atoms with Crippen molar-refractivity contribution in [3.63, 3.8) is 0 Å². The quantitative estimate of drug-likeness (QED) is 0.761. The average molecular weight is 416 g/mol. The summed E-state index contributed by atoms with van der Waals surface area (Å²) in [7, 11) is -4.19. The van der Waals surface area contributed by atoms with Crippen molar-refractivity contribution in [3.8, 4) is 0 Å². The number of amides is 2. The van der Waals surface area contributed by atoms with E-state index in [1.807, 2.05) is 13.8 Å². The number of sulfonamides is 1. The van der Waals surface area contributed by atoms with E-state index in [9.17, 15) is 22.4 Å². The van der Waals surface area contributed by atoms with E-state index in [4.69, 9.17) is 0 Å². The van der Waals surface area contributed by atoms with Gasteiger partial charge in [0.2, 0.25) is 21.8 Å². The molecular formula is C17H22FN3O4S2. The predicted molar refractivity (Wildman–Crippen MR) is 101 cm³/mol. The van der Waals surface area contributed by atoms with E-state index in [1.165, 1.54) is 17.8 Å². The van der Waals surface area contributed by atoms with Crippen molar-refractivity contribution in [1.82, 2.24) is 9.62 Å². The van der Waals surface area contributed by atoms with Gasteiger partial charge in [0.25, 0.3) is 0 Å². The van der Waals surface area contributed by atoms with Crippen LogP contribution >= 0.6 is 11.8 Å². The second kappa shape index (κ2) is 7.76. The number of fused-ring (bicyclic) bond motifs is 1. The van der Waals surface area contributed by atoms with Gasteiger partial charge in [0, 0.05) is 24.4 Å². The lowest BCUT2D eigenvalue weighted by Gasteiger charge is -2.24. The average Bonchev–Trinajstić information content (AvgIpc) is 3.09. The van der Waals surface area contributed by atoms with Crippen molar-refractivity contribution in [1.29, 1.82) is 0 Å². The Morgan fingerprint density at radius 3 is 2.85 bits per heavy atom. The molecule has 0 bridgehead atoms. The Morgan fingerprint density at radius 1 is 1.41 bits per heavy atom. The van der Waals surface area contributed by atoms with Crippen LogP contribution in [-0.4, -0.2) is 48.8 Å². The van der Waals surface area contributed by atoms with Crippen LogP contribution in [0.4, 0.5) is 10.1 Å². The Kier molecular flexibility index (Phi) is 5.78. The molecule has 2 amide bonds. The lowest BCUT2D eigenvalue weighted by Crippen LogP contribution is -2.48. The van der Waals surface area contributed by atoms with Crippen LogP contribution in [0.2, 0.25) is 0 Å². The molecule has 1 fully saturated rings. The summed E-state index contributed by atoms with van der Waals surface area (Å²) in [5, 5.41) is 5.29. The molecule has 0 aromatic heterocycles. The lowest BCUT2D eigenvalue weighted by atomic mass is 10.0. The van der Waals surface area contributed by atoms with Crippen LogP contribution in [-0.2, 0) is 26.0 Å². The standard InChI is InChI=1S/C17H22FN3O4S2/c1-10(2)7-19-17(23)14-8-26-9-21(14)27(24,25)15-5-11-3-4-16(22)20-13(11)6-12(15)18/h5-6,10,14H,3-4,7-9H2,1-2H3,(H,19,23)(H,20,22). The normalized spacial score (nSPS) is 20.4. The van der Waals surface area contributed by atoms with Crippen molar-refractivity contribution in [2.45, 2.75) is 37.6 Å². The Hall–Kier alpha value is -1.65. The number of carbonyl (C=O) groups excluding carboxylic acids is 2. The molecule has 0 radical (unpaired) electrons. The largest absolute Gasteiger partial charge is 0.354 e. The van der Waals surface area contributed by atoms with Gasteiger partial charge in [-0.15, -0.1) is 11.8 Å². The summed E-state index contributed by atoms with van der Waals surface area (Å²) < 4.78 is 41.8. The summed E-state index contributed by atoms with van der Waals surface area (Å²) in [6.07, 6.45) is 0.564. The lowest BCUT2D eigenvalue weighted by molar-refractivity contribution is -0.124. The van der Waals surface area contributed by atoms with Crippen molar-refractivity contribution in [3.05, 3.63) is 23.5 Å². The van der Waals surface area contributed by atoms with Gasteiger partial charge < -0.3 is 10.6 Å². The number of halogens is 1. The molecule has 1 saturated heterocycles. The molecule has 27 heavy (non-hydrogen) atoms. The predicted octanol–water partition coefficient (Wildman–Crippen LogP) is 1.55. The summed E-state index contributed by atoms with van der Waals surface area (Å²) in [6, 6.07) is 1.44. The molecule has 1 aromatic rings. The highest BCUT2D eigenvalue weighted by Gasteiger charge is 2.41. The molecule has 2 heterocycles. The van der Waals surface area contributed by atoms with Gasteiger partial charge in [-0.25, -0.2) is 12.8 Å². The molecule has 0 aliphatic carbocycles. The van der Waals surface area contributed by atoms with Gasteiger partial charge in [0.05, 0.1) is 5.88 Å². The first kappa shape index (κ1) is 20.1. The van der Waals surface area contributed by atoms with E-state index in [0.717, 1.165) is 10.4 Å². The number of thioether (sulfide) groups is 1. The van der Waals surface area contributed by atoms with Gasteiger partial charge in [-0.1, -0.05) is 13.8 Å². The van der Waals surface area contributed by atoms with Gasteiger partial charge in [-0.3, -0.25) is 9.59 Å². The van der Waals surface area contributed by atoms with E-state index in [1.54, 1.807) is 0 Å². The van der Waals surface area contributed by atoms with E-state index in [2.05, 4.69) is 10.6 Å². The minimum Gasteiger partial charge on any atom is -0.354 e. The molecule has 148 valence electrons. The van der Waals surface area contributed by atoms with Crippen molar-refractivity contribution in [2.75, 3.05) is 23.5 Å². The van der Waals surface area contributed by atoms with E-state index < -0.39 is 26.8 Å². The first-order valence-corrected chi connectivity index (χ1v) is 11.3.